The second-order valence-corrected chi connectivity index (χ2v) is 7.76. The summed E-state index contributed by atoms with van der Waals surface area (Å²) < 4.78 is 5.34. The van der Waals surface area contributed by atoms with E-state index in [1.165, 1.54) is 0 Å². The largest absolute Gasteiger partial charge is 0.497 e. The Morgan fingerprint density at radius 1 is 1.24 bits per heavy atom. The number of pyridine rings is 1. The van der Waals surface area contributed by atoms with Gasteiger partial charge in [-0.15, -0.1) is 0 Å². The zero-order valence-corrected chi connectivity index (χ0v) is 16.8. The summed E-state index contributed by atoms with van der Waals surface area (Å²) in [6, 6.07) is 11.8. The molecule has 2 heterocycles. The minimum Gasteiger partial charge on any atom is -0.497 e. The van der Waals surface area contributed by atoms with Crippen LogP contribution in [0.1, 0.15) is 43.2 Å². The number of nitrogens with zero attached hydrogens (tertiary/aromatic N) is 3. The molecule has 6 heteroatoms. The highest BCUT2D eigenvalue weighted by molar-refractivity contribution is 6.01. The van der Waals surface area contributed by atoms with Crippen molar-refractivity contribution in [3.8, 4) is 5.75 Å². The van der Waals surface area contributed by atoms with Crippen molar-refractivity contribution in [1.82, 2.24) is 9.88 Å². The van der Waals surface area contributed by atoms with E-state index in [1.807, 2.05) is 41.3 Å². The third-order valence-corrected chi connectivity index (χ3v) is 5.68. The quantitative estimate of drug-likeness (QED) is 0.718. The molecule has 1 atom stereocenters. The molecule has 1 amide bonds. The molecular formula is C23H27N3O3. The van der Waals surface area contributed by atoms with Crippen LogP contribution in [0.2, 0.25) is 0 Å². The number of oxime groups is 1. The summed E-state index contributed by atoms with van der Waals surface area (Å²) in [5.74, 6) is 1.15. The summed E-state index contributed by atoms with van der Waals surface area (Å²) in [6.07, 6.45) is 8.32. The number of hydrogen-bond donors (Lipinski definition) is 0. The van der Waals surface area contributed by atoms with Crippen molar-refractivity contribution in [2.45, 2.75) is 44.8 Å². The second kappa shape index (κ2) is 9.07. The van der Waals surface area contributed by atoms with E-state index in [9.17, 15) is 4.79 Å². The molecular weight excluding hydrogens is 366 g/mol. The van der Waals surface area contributed by atoms with Crippen LogP contribution < -0.4 is 4.74 Å². The summed E-state index contributed by atoms with van der Waals surface area (Å²) in [4.78, 5) is 25.0. The van der Waals surface area contributed by atoms with E-state index in [0.29, 0.717) is 19.5 Å². The van der Waals surface area contributed by atoms with Crippen LogP contribution >= 0.6 is 0 Å². The summed E-state index contributed by atoms with van der Waals surface area (Å²) >= 11 is 0. The SMILES string of the molecule is COc1cccc(CN(CC2CC(c3cccnc3)=NO2)C(=O)C2CCCC2)c1. The van der Waals surface area contributed by atoms with Gasteiger partial charge in [0.2, 0.25) is 5.91 Å². The third kappa shape index (κ3) is 4.75. The molecule has 0 spiro atoms. The Labute approximate surface area is 171 Å². The molecule has 1 saturated carbocycles. The highest BCUT2D eigenvalue weighted by atomic mass is 16.6. The van der Waals surface area contributed by atoms with E-state index in [-0.39, 0.29) is 17.9 Å². The normalized spacial score (nSPS) is 18.9. The van der Waals surface area contributed by atoms with Crippen LogP contribution in [-0.4, -0.2) is 41.3 Å². The Hall–Kier alpha value is -2.89. The molecule has 152 valence electrons. The van der Waals surface area contributed by atoms with Gasteiger partial charge < -0.3 is 14.5 Å². The van der Waals surface area contributed by atoms with Gasteiger partial charge in [0.05, 0.1) is 19.4 Å². The van der Waals surface area contributed by atoms with Gasteiger partial charge in [-0.1, -0.05) is 30.1 Å². The van der Waals surface area contributed by atoms with E-state index in [2.05, 4.69) is 10.1 Å². The minimum atomic E-state index is -0.138. The van der Waals surface area contributed by atoms with Gasteiger partial charge in [0, 0.05) is 36.8 Å². The van der Waals surface area contributed by atoms with Gasteiger partial charge in [-0.05, 0) is 42.7 Å². The van der Waals surface area contributed by atoms with Crippen molar-refractivity contribution in [3.05, 3.63) is 59.9 Å². The van der Waals surface area contributed by atoms with Gasteiger partial charge in [-0.2, -0.15) is 0 Å². The van der Waals surface area contributed by atoms with Crippen LogP contribution in [0.15, 0.2) is 53.9 Å². The first-order valence-electron chi connectivity index (χ1n) is 10.3. The molecule has 1 unspecified atom stereocenters. The van der Waals surface area contributed by atoms with Crippen LogP contribution in [0.4, 0.5) is 0 Å². The molecule has 0 radical (unpaired) electrons. The molecule has 1 aliphatic heterocycles. The van der Waals surface area contributed by atoms with Crippen LogP contribution in [0.3, 0.4) is 0 Å². The molecule has 1 aromatic carbocycles. The van der Waals surface area contributed by atoms with Gasteiger partial charge in [0.15, 0.2) is 6.10 Å². The second-order valence-electron chi connectivity index (χ2n) is 7.76. The van der Waals surface area contributed by atoms with Gasteiger partial charge in [-0.3, -0.25) is 9.78 Å². The summed E-state index contributed by atoms with van der Waals surface area (Å²) in [7, 11) is 1.66. The topological polar surface area (TPSA) is 64.0 Å². The van der Waals surface area contributed by atoms with Crippen LogP contribution in [0, 0.1) is 5.92 Å². The molecule has 1 aromatic heterocycles. The average molecular weight is 393 g/mol. The zero-order valence-electron chi connectivity index (χ0n) is 16.8. The Morgan fingerprint density at radius 2 is 2.10 bits per heavy atom. The number of carbonyl (C=O) groups excluding carboxylic acids is 1. The molecule has 0 N–H and O–H groups in total. The summed E-state index contributed by atoms with van der Waals surface area (Å²) in [6.45, 7) is 1.08. The lowest BCUT2D eigenvalue weighted by Crippen LogP contribution is -2.40. The lowest BCUT2D eigenvalue weighted by atomic mass is 10.0. The first-order chi connectivity index (χ1) is 14.2. The van der Waals surface area contributed by atoms with Crippen LogP contribution in [0.25, 0.3) is 0 Å². The monoisotopic (exact) mass is 393 g/mol. The van der Waals surface area contributed by atoms with Crippen molar-refractivity contribution >= 4 is 11.6 Å². The number of rotatable bonds is 7. The third-order valence-electron chi connectivity index (χ3n) is 5.68. The number of carbonyl (C=O) groups is 1. The molecule has 6 nitrogen and oxygen atoms in total. The lowest BCUT2D eigenvalue weighted by Gasteiger charge is -2.27. The summed E-state index contributed by atoms with van der Waals surface area (Å²) in [5.41, 5.74) is 2.91. The molecule has 1 fully saturated rings. The maximum absolute atomic E-state index is 13.2. The lowest BCUT2D eigenvalue weighted by molar-refractivity contribution is -0.137. The number of methoxy groups -OCH3 is 1. The number of benzene rings is 1. The number of hydrogen-bond acceptors (Lipinski definition) is 5. The van der Waals surface area contributed by atoms with Gasteiger partial charge in [0.1, 0.15) is 5.75 Å². The number of amides is 1. The van der Waals surface area contributed by atoms with Crippen molar-refractivity contribution in [2.75, 3.05) is 13.7 Å². The fourth-order valence-electron chi connectivity index (χ4n) is 4.13. The number of ether oxygens (including phenoxy) is 1. The number of aromatic nitrogens is 1. The fraction of sp³-hybridized carbons (Fsp3) is 0.435. The Morgan fingerprint density at radius 3 is 2.86 bits per heavy atom. The predicted molar refractivity (Wildman–Crippen MR) is 111 cm³/mol. The fourth-order valence-corrected chi connectivity index (χ4v) is 4.13. The first-order valence-corrected chi connectivity index (χ1v) is 10.3. The maximum atomic E-state index is 13.2. The van der Waals surface area contributed by atoms with Gasteiger partial charge in [-0.25, -0.2) is 0 Å². The van der Waals surface area contributed by atoms with Crippen LogP contribution in [-0.2, 0) is 16.2 Å². The van der Waals surface area contributed by atoms with E-state index >= 15 is 0 Å². The molecule has 0 saturated heterocycles. The van der Waals surface area contributed by atoms with E-state index in [0.717, 1.165) is 48.3 Å². The van der Waals surface area contributed by atoms with E-state index < -0.39 is 0 Å². The Balaban J connectivity index is 1.46. The van der Waals surface area contributed by atoms with E-state index in [4.69, 9.17) is 9.57 Å². The highest BCUT2D eigenvalue weighted by Crippen LogP contribution is 2.28. The molecule has 1 aliphatic carbocycles. The Bertz CT molecular complexity index is 863. The predicted octanol–water partition coefficient (Wildman–Crippen LogP) is 3.80. The molecule has 2 aliphatic rings. The van der Waals surface area contributed by atoms with Crippen molar-refractivity contribution in [2.24, 2.45) is 11.1 Å². The van der Waals surface area contributed by atoms with E-state index in [1.54, 1.807) is 19.5 Å². The standard InChI is InChI=1S/C23H27N3O3/c1-28-20-10-4-6-17(12-20)15-26(23(27)18-7-2-3-8-18)16-21-13-22(25-29-21)19-9-5-11-24-14-19/h4-6,9-12,14,18,21H,2-3,7-8,13,15-16H2,1H3. The van der Waals surface area contributed by atoms with Gasteiger partial charge in [0.25, 0.3) is 0 Å². The molecule has 2 aromatic rings. The smallest absolute Gasteiger partial charge is 0.226 e. The minimum absolute atomic E-state index is 0.126. The highest BCUT2D eigenvalue weighted by Gasteiger charge is 2.31. The average Bonchev–Trinajstić information content (AvgIpc) is 3.46. The summed E-state index contributed by atoms with van der Waals surface area (Å²) in [5, 5.41) is 4.25. The van der Waals surface area contributed by atoms with Crippen molar-refractivity contribution < 1.29 is 14.4 Å². The molecule has 4 rings (SSSR count). The van der Waals surface area contributed by atoms with Gasteiger partial charge >= 0.3 is 0 Å². The van der Waals surface area contributed by atoms with Crippen LogP contribution in [0.5, 0.6) is 5.75 Å². The van der Waals surface area contributed by atoms with Crippen molar-refractivity contribution in [1.29, 1.82) is 0 Å². The zero-order chi connectivity index (χ0) is 20.1. The van der Waals surface area contributed by atoms with Crippen molar-refractivity contribution in [3.63, 3.8) is 0 Å². The molecule has 0 bridgehead atoms. The molecule has 29 heavy (non-hydrogen) atoms. The Kier molecular flexibility index (Phi) is 6.08. The first kappa shape index (κ1) is 19.4. The maximum Gasteiger partial charge on any atom is 0.226 e.